The van der Waals surface area contributed by atoms with Crippen LogP contribution in [0.2, 0.25) is 0 Å². The maximum atomic E-state index is 12.0. The van der Waals surface area contributed by atoms with Crippen LogP contribution in [0.1, 0.15) is 35.9 Å². The fourth-order valence-corrected chi connectivity index (χ4v) is 2.00. The van der Waals surface area contributed by atoms with Crippen molar-refractivity contribution in [2.75, 3.05) is 6.61 Å². The van der Waals surface area contributed by atoms with Gasteiger partial charge in [-0.3, -0.25) is 4.79 Å². The Kier molecular flexibility index (Phi) is 6.18. The molecule has 23 heavy (non-hydrogen) atoms. The number of hydrogen-bond acceptors (Lipinski definition) is 4. The van der Waals surface area contributed by atoms with Crippen molar-refractivity contribution in [1.82, 2.24) is 0 Å². The predicted octanol–water partition coefficient (Wildman–Crippen LogP) is 4.68. The standard InChI is InChI=1S/C18H17ClO4/c1-2-3-11-22-18(21)14-6-4-5-13(12-14)16-9-7-15(23-16)8-10-17(19)20/h4-10,12H,2-3,11H2,1H3/b10-8+. The molecule has 0 amide bonds. The lowest BCUT2D eigenvalue weighted by Crippen LogP contribution is -2.06. The van der Waals surface area contributed by atoms with Crippen molar-refractivity contribution >= 4 is 28.9 Å². The molecule has 0 N–H and O–H groups in total. The van der Waals surface area contributed by atoms with E-state index in [4.69, 9.17) is 20.8 Å². The van der Waals surface area contributed by atoms with Crippen molar-refractivity contribution in [1.29, 1.82) is 0 Å². The zero-order chi connectivity index (χ0) is 16.7. The smallest absolute Gasteiger partial charge is 0.338 e. The molecule has 0 saturated carbocycles. The van der Waals surface area contributed by atoms with Crippen LogP contribution < -0.4 is 0 Å². The van der Waals surface area contributed by atoms with Crippen molar-refractivity contribution < 1.29 is 18.7 Å². The highest BCUT2D eigenvalue weighted by Crippen LogP contribution is 2.24. The van der Waals surface area contributed by atoms with Crippen LogP contribution in [-0.4, -0.2) is 17.8 Å². The third kappa shape index (κ3) is 5.11. The summed E-state index contributed by atoms with van der Waals surface area (Å²) >= 11 is 5.24. The van der Waals surface area contributed by atoms with Crippen molar-refractivity contribution in [3.8, 4) is 11.3 Å². The molecule has 0 spiro atoms. The van der Waals surface area contributed by atoms with Crippen LogP contribution in [0.25, 0.3) is 17.4 Å². The fraction of sp³-hybridized carbons (Fsp3) is 0.222. The Balaban J connectivity index is 2.13. The van der Waals surface area contributed by atoms with Crippen molar-refractivity contribution in [2.24, 2.45) is 0 Å². The van der Waals surface area contributed by atoms with E-state index >= 15 is 0 Å². The van der Waals surface area contributed by atoms with Gasteiger partial charge in [-0.1, -0.05) is 25.5 Å². The van der Waals surface area contributed by atoms with Gasteiger partial charge in [0.1, 0.15) is 11.5 Å². The number of allylic oxidation sites excluding steroid dienone is 1. The van der Waals surface area contributed by atoms with E-state index in [9.17, 15) is 9.59 Å². The first-order valence-electron chi connectivity index (χ1n) is 7.35. The summed E-state index contributed by atoms with van der Waals surface area (Å²) in [7, 11) is 0. The lowest BCUT2D eigenvalue weighted by Gasteiger charge is -2.05. The molecule has 120 valence electrons. The molecule has 0 saturated heterocycles. The summed E-state index contributed by atoms with van der Waals surface area (Å²) < 4.78 is 10.8. The first kappa shape index (κ1) is 17.0. The van der Waals surface area contributed by atoms with E-state index in [-0.39, 0.29) is 5.97 Å². The SMILES string of the molecule is CCCCOC(=O)c1cccc(-c2ccc(/C=C/C(=O)Cl)o2)c1. The number of esters is 1. The number of hydrogen-bond donors (Lipinski definition) is 0. The Morgan fingerprint density at radius 2 is 2.09 bits per heavy atom. The fourth-order valence-electron chi connectivity index (χ4n) is 1.94. The quantitative estimate of drug-likeness (QED) is 0.319. The second-order valence-electron chi connectivity index (χ2n) is 4.91. The summed E-state index contributed by atoms with van der Waals surface area (Å²) in [5, 5.41) is -0.570. The highest BCUT2D eigenvalue weighted by atomic mass is 35.5. The number of unbranched alkanes of at least 4 members (excludes halogenated alkanes) is 1. The minimum absolute atomic E-state index is 0.347. The molecular formula is C18H17ClO4. The summed E-state index contributed by atoms with van der Waals surface area (Å²) in [5.41, 5.74) is 1.23. The van der Waals surface area contributed by atoms with Gasteiger partial charge in [0.05, 0.1) is 12.2 Å². The molecule has 0 fully saturated rings. The molecule has 0 atom stereocenters. The molecule has 1 aromatic carbocycles. The molecule has 0 radical (unpaired) electrons. The average molecular weight is 333 g/mol. The van der Waals surface area contributed by atoms with Gasteiger partial charge in [-0.2, -0.15) is 0 Å². The van der Waals surface area contributed by atoms with Gasteiger partial charge in [0.15, 0.2) is 0 Å². The van der Waals surface area contributed by atoms with Crippen LogP contribution in [-0.2, 0) is 9.53 Å². The number of rotatable bonds is 7. The summed E-state index contributed by atoms with van der Waals surface area (Å²) in [6.45, 7) is 2.46. The number of ether oxygens (including phenoxy) is 1. The van der Waals surface area contributed by atoms with Gasteiger partial charge >= 0.3 is 5.97 Å². The van der Waals surface area contributed by atoms with Crippen molar-refractivity contribution in [3.63, 3.8) is 0 Å². The highest BCUT2D eigenvalue weighted by Gasteiger charge is 2.10. The molecule has 1 aromatic heterocycles. The first-order chi connectivity index (χ1) is 11.1. The Morgan fingerprint density at radius 3 is 2.83 bits per heavy atom. The lowest BCUT2D eigenvalue weighted by atomic mass is 10.1. The van der Waals surface area contributed by atoms with E-state index in [1.807, 2.05) is 13.0 Å². The van der Waals surface area contributed by atoms with Crippen LogP contribution in [0.5, 0.6) is 0 Å². The van der Waals surface area contributed by atoms with Gasteiger partial charge in [0.25, 0.3) is 0 Å². The summed E-state index contributed by atoms with van der Waals surface area (Å²) in [6, 6.07) is 10.5. The van der Waals surface area contributed by atoms with Gasteiger partial charge in [0, 0.05) is 11.6 Å². The molecule has 2 rings (SSSR count). The van der Waals surface area contributed by atoms with Gasteiger partial charge in [-0.05, 0) is 48.4 Å². The molecule has 1 heterocycles. The van der Waals surface area contributed by atoms with E-state index in [0.717, 1.165) is 18.4 Å². The summed E-state index contributed by atoms with van der Waals surface area (Å²) in [5.74, 6) is 0.750. The second-order valence-corrected chi connectivity index (χ2v) is 5.28. The largest absolute Gasteiger partial charge is 0.462 e. The normalized spacial score (nSPS) is 10.9. The molecule has 2 aromatic rings. The second kappa shape index (κ2) is 8.34. The molecule has 0 unspecified atom stereocenters. The molecule has 0 aliphatic carbocycles. The number of carbonyl (C=O) groups excluding carboxylic acids is 2. The van der Waals surface area contributed by atoms with Gasteiger partial charge < -0.3 is 9.15 Å². The number of benzene rings is 1. The maximum absolute atomic E-state index is 12.0. The maximum Gasteiger partial charge on any atom is 0.338 e. The van der Waals surface area contributed by atoms with Crippen molar-refractivity contribution in [2.45, 2.75) is 19.8 Å². The topological polar surface area (TPSA) is 56.5 Å². The van der Waals surface area contributed by atoms with Gasteiger partial charge in [-0.15, -0.1) is 0 Å². The van der Waals surface area contributed by atoms with Crippen LogP contribution in [0.15, 0.2) is 46.9 Å². The van der Waals surface area contributed by atoms with Crippen LogP contribution >= 0.6 is 11.6 Å². The Bertz CT molecular complexity index is 715. The molecule has 0 aliphatic rings. The van der Waals surface area contributed by atoms with E-state index in [2.05, 4.69) is 0 Å². The average Bonchev–Trinajstić information content (AvgIpc) is 3.02. The molecular weight excluding hydrogens is 316 g/mol. The molecule has 5 heteroatoms. The van der Waals surface area contributed by atoms with Crippen LogP contribution in [0.4, 0.5) is 0 Å². The van der Waals surface area contributed by atoms with Crippen LogP contribution in [0, 0.1) is 0 Å². The van der Waals surface area contributed by atoms with E-state index < -0.39 is 5.24 Å². The first-order valence-corrected chi connectivity index (χ1v) is 7.73. The lowest BCUT2D eigenvalue weighted by molar-refractivity contribution is -0.107. The highest BCUT2D eigenvalue weighted by molar-refractivity contribution is 6.66. The molecule has 4 nitrogen and oxygen atoms in total. The zero-order valence-corrected chi connectivity index (χ0v) is 13.5. The monoisotopic (exact) mass is 332 g/mol. The Labute approximate surface area is 139 Å². The molecule has 0 bridgehead atoms. The van der Waals surface area contributed by atoms with Crippen molar-refractivity contribution in [3.05, 3.63) is 53.8 Å². The number of carbonyl (C=O) groups is 2. The molecule has 0 aliphatic heterocycles. The minimum Gasteiger partial charge on any atom is -0.462 e. The number of halogens is 1. The van der Waals surface area contributed by atoms with Gasteiger partial charge in [0.2, 0.25) is 5.24 Å². The van der Waals surface area contributed by atoms with Crippen LogP contribution in [0.3, 0.4) is 0 Å². The van der Waals surface area contributed by atoms with E-state index in [1.54, 1.807) is 30.3 Å². The summed E-state index contributed by atoms with van der Waals surface area (Å²) in [4.78, 5) is 22.7. The van der Waals surface area contributed by atoms with Gasteiger partial charge in [-0.25, -0.2) is 4.79 Å². The predicted molar refractivity (Wildman–Crippen MR) is 89.2 cm³/mol. The Hall–Kier alpha value is -2.33. The zero-order valence-electron chi connectivity index (χ0n) is 12.8. The summed E-state index contributed by atoms with van der Waals surface area (Å²) in [6.07, 6.45) is 4.52. The van der Waals surface area contributed by atoms with E-state index in [0.29, 0.717) is 23.7 Å². The third-order valence-corrected chi connectivity index (χ3v) is 3.25. The third-order valence-electron chi connectivity index (χ3n) is 3.12. The number of furan rings is 1. The minimum atomic E-state index is -0.570. The Morgan fingerprint density at radius 1 is 1.26 bits per heavy atom. The van der Waals surface area contributed by atoms with E-state index in [1.165, 1.54) is 12.2 Å².